The summed E-state index contributed by atoms with van der Waals surface area (Å²) in [5.41, 5.74) is 0.297. The lowest BCUT2D eigenvalue weighted by atomic mass is 10.1. The maximum absolute atomic E-state index is 13.9. The van der Waals surface area contributed by atoms with Crippen LogP contribution in [-0.2, 0) is 26.0 Å². The third-order valence-electron chi connectivity index (χ3n) is 4.20. The molecule has 0 aromatic heterocycles. The average Bonchev–Trinajstić information content (AvgIpc) is 2.67. The van der Waals surface area contributed by atoms with Gasteiger partial charge in [-0.1, -0.05) is 29.3 Å². The number of carbonyl (C=O) groups is 1. The largest absolute Gasteiger partial charge is 0.379 e. The Morgan fingerprint density at radius 2 is 1.86 bits per heavy atom. The van der Waals surface area contributed by atoms with E-state index in [0.717, 1.165) is 0 Å². The Morgan fingerprint density at radius 1 is 1.14 bits per heavy atom. The molecule has 2 aromatic rings. The molecule has 1 saturated heterocycles. The number of morpholine rings is 1. The van der Waals surface area contributed by atoms with Crippen LogP contribution in [0.1, 0.15) is 5.56 Å². The van der Waals surface area contributed by atoms with Crippen LogP contribution < -0.4 is 5.32 Å². The summed E-state index contributed by atoms with van der Waals surface area (Å²) in [6.45, 7) is 1.05. The van der Waals surface area contributed by atoms with Crippen LogP contribution in [0.2, 0.25) is 10.0 Å². The van der Waals surface area contributed by atoms with Gasteiger partial charge in [-0.2, -0.15) is 4.31 Å². The van der Waals surface area contributed by atoms with Crippen LogP contribution in [-0.4, -0.2) is 44.9 Å². The monoisotopic (exact) mass is 446 g/mol. The highest BCUT2D eigenvalue weighted by atomic mass is 35.5. The zero-order chi connectivity index (χ0) is 20.3. The van der Waals surface area contributed by atoms with Gasteiger partial charge in [0.05, 0.1) is 24.7 Å². The minimum atomic E-state index is -3.83. The summed E-state index contributed by atoms with van der Waals surface area (Å²) >= 11 is 12.0. The zero-order valence-corrected chi connectivity index (χ0v) is 17.0. The zero-order valence-electron chi connectivity index (χ0n) is 14.6. The van der Waals surface area contributed by atoms with Crippen molar-refractivity contribution in [3.8, 4) is 0 Å². The summed E-state index contributed by atoms with van der Waals surface area (Å²) < 4.78 is 46.0. The summed E-state index contributed by atoms with van der Waals surface area (Å²) in [7, 11) is -3.83. The second-order valence-electron chi connectivity index (χ2n) is 6.09. The molecule has 28 heavy (non-hydrogen) atoms. The number of rotatable bonds is 5. The van der Waals surface area contributed by atoms with Gasteiger partial charge in [0.1, 0.15) is 10.7 Å². The molecule has 3 rings (SSSR count). The van der Waals surface area contributed by atoms with E-state index in [1.807, 2.05) is 0 Å². The Balaban J connectivity index is 1.80. The van der Waals surface area contributed by atoms with Crippen LogP contribution in [0.4, 0.5) is 10.1 Å². The molecule has 1 aliphatic rings. The fourth-order valence-corrected chi connectivity index (χ4v) is 4.91. The number of sulfonamides is 1. The van der Waals surface area contributed by atoms with E-state index in [1.54, 1.807) is 0 Å². The van der Waals surface area contributed by atoms with Gasteiger partial charge in [0.25, 0.3) is 0 Å². The van der Waals surface area contributed by atoms with Crippen LogP contribution >= 0.6 is 23.2 Å². The van der Waals surface area contributed by atoms with Gasteiger partial charge in [0.15, 0.2) is 0 Å². The average molecular weight is 447 g/mol. The number of hydrogen-bond donors (Lipinski definition) is 1. The van der Waals surface area contributed by atoms with Gasteiger partial charge in [0.2, 0.25) is 15.9 Å². The summed E-state index contributed by atoms with van der Waals surface area (Å²) in [5, 5.41) is 2.74. The number of carbonyl (C=O) groups excluding carboxylic acids is 1. The molecule has 0 saturated carbocycles. The van der Waals surface area contributed by atoms with E-state index in [2.05, 4.69) is 5.32 Å². The molecule has 10 heteroatoms. The van der Waals surface area contributed by atoms with E-state index in [0.29, 0.717) is 13.2 Å². The Kier molecular flexibility index (Phi) is 6.57. The first-order valence-electron chi connectivity index (χ1n) is 8.39. The van der Waals surface area contributed by atoms with Crippen molar-refractivity contribution >= 4 is 44.8 Å². The molecular weight excluding hydrogens is 430 g/mol. The highest BCUT2D eigenvalue weighted by molar-refractivity contribution is 7.89. The number of anilines is 1. The highest BCUT2D eigenvalue weighted by Crippen LogP contribution is 2.28. The molecule has 1 amide bonds. The van der Waals surface area contributed by atoms with Crippen molar-refractivity contribution in [2.24, 2.45) is 0 Å². The first-order chi connectivity index (χ1) is 13.3. The summed E-state index contributed by atoms with van der Waals surface area (Å²) in [6.07, 6.45) is -0.292. The van der Waals surface area contributed by atoms with Gasteiger partial charge < -0.3 is 10.1 Å². The van der Waals surface area contributed by atoms with Crippen molar-refractivity contribution in [2.45, 2.75) is 11.3 Å². The SMILES string of the molecule is O=C(Cc1c(F)cccc1Cl)Nc1ccc(Cl)c(S(=O)(=O)N2CCOCC2)c1. The molecule has 0 bridgehead atoms. The maximum atomic E-state index is 13.9. The van der Waals surface area contributed by atoms with Crippen molar-refractivity contribution in [2.75, 3.05) is 31.6 Å². The van der Waals surface area contributed by atoms with E-state index in [-0.39, 0.29) is 45.7 Å². The number of nitrogens with zero attached hydrogens (tertiary/aromatic N) is 1. The number of nitrogens with one attached hydrogen (secondary N) is 1. The predicted molar refractivity (Wildman–Crippen MR) is 105 cm³/mol. The third-order valence-corrected chi connectivity index (χ3v) is 6.94. The minimum absolute atomic E-state index is 0.0432. The van der Waals surface area contributed by atoms with Gasteiger partial charge in [-0.15, -0.1) is 0 Å². The van der Waals surface area contributed by atoms with E-state index < -0.39 is 21.7 Å². The Bertz CT molecular complexity index is 975. The third kappa shape index (κ3) is 4.64. The van der Waals surface area contributed by atoms with Crippen LogP contribution in [0.25, 0.3) is 0 Å². The van der Waals surface area contributed by atoms with Crippen LogP contribution in [0.5, 0.6) is 0 Å². The summed E-state index contributed by atoms with van der Waals surface area (Å²) in [6, 6.07) is 8.30. The van der Waals surface area contributed by atoms with Crippen molar-refractivity contribution < 1.29 is 22.3 Å². The molecule has 2 aromatic carbocycles. The first kappa shape index (κ1) is 21.0. The second kappa shape index (κ2) is 8.75. The fraction of sp³-hybridized carbons (Fsp3) is 0.278. The number of ether oxygens (including phenoxy) is 1. The number of halogens is 3. The Hall–Kier alpha value is -1.71. The molecule has 0 radical (unpaired) electrons. The molecule has 1 fully saturated rings. The molecule has 0 unspecified atom stereocenters. The lowest BCUT2D eigenvalue weighted by Gasteiger charge is -2.26. The standard InChI is InChI=1S/C18H17Cl2FN2O4S/c19-14-2-1-3-16(21)13(14)11-18(24)22-12-4-5-15(20)17(10-12)28(25,26)23-6-8-27-9-7-23/h1-5,10H,6-9,11H2,(H,22,24). The van der Waals surface area contributed by atoms with Crippen molar-refractivity contribution in [1.82, 2.24) is 4.31 Å². The normalized spacial score (nSPS) is 15.4. The van der Waals surface area contributed by atoms with Gasteiger partial charge in [-0.3, -0.25) is 4.79 Å². The predicted octanol–water partition coefficient (Wildman–Crippen LogP) is 3.33. The number of benzene rings is 2. The minimum Gasteiger partial charge on any atom is -0.379 e. The summed E-state index contributed by atoms with van der Waals surface area (Å²) in [5.74, 6) is -1.13. The molecule has 0 atom stereocenters. The second-order valence-corrected chi connectivity index (χ2v) is 8.81. The topological polar surface area (TPSA) is 75.7 Å². The fourth-order valence-electron chi connectivity index (χ4n) is 2.77. The van der Waals surface area contributed by atoms with E-state index >= 15 is 0 Å². The van der Waals surface area contributed by atoms with Gasteiger partial charge in [0, 0.05) is 29.4 Å². The van der Waals surface area contributed by atoms with Gasteiger partial charge >= 0.3 is 0 Å². The molecule has 1 aliphatic heterocycles. The molecule has 6 nitrogen and oxygen atoms in total. The smallest absolute Gasteiger partial charge is 0.244 e. The van der Waals surface area contributed by atoms with Crippen molar-refractivity contribution in [3.63, 3.8) is 0 Å². The first-order valence-corrected chi connectivity index (χ1v) is 10.6. The van der Waals surface area contributed by atoms with E-state index in [1.165, 1.54) is 40.7 Å². The van der Waals surface area contributed by atoms with E-state index in [9.17, 15) is 17.6 Å². The molecule has 1 N–H and O–H groups in total. The number of hydrogen-bond acceptors (Lipinski definition) is 4. The molecule has 1 heterocycles. The Labute approximate surface area is 172 Å². The maximum Gasteiger partial charge on any atom is 0.244 e. The molecule has 0 spiro atoms. The lowest BCUT2D eigenvalue weighted by Crippen LogP contribution is -2.40. The Morgan fingerprint density at radius 3 is 2.54 bits per heavy atom. The lowest BCUT2D eigenvalue weighted by molar-refractivity contribution is -0.115. The molecular formula is C18H17Cl2FN2O4S. The van der Waals surface area contributed by atoms with E-state index in [4.69, 9.17) is 27.9 Å². The van der Waals surface area contributed by atoms with Gasteiger partial charge in [-0.25, -0.2) is 12.8 Å². The van der Waals surface area contributed by atoms with Crippen molar-refractivity contribution in [3.05, 3.63) is 57.8 Å². The van der Waals surface area contributed by atoms with Crippen molar-refractivity contribution in [1.29, 1.82) is 0 Å². The van der Waals surface area contributed by atoms with Crippen LogP contribution in [0.3, 0.4) is 0 Å². The summed E-state index contributed by atoms with van der Waals surface area (Å²) in [4.78, 5) is 12.2. The van der Waals surface area contributed by atoms with Gasteiger partial charge in [-0.05, 0) is 30.3 Å². The van der Waals surface area contributed by atoms with Crippen LogP contribution in [0.15, 0.2) is 41.3 Å². The number of amides is 1. The quantitative estimate of drug-likeness (QED) is 0.763. The molecule has 0 aliphatic carbocycles. The molecule has 150 valence electrons. The van der Waals surface area contributed by atoms with Crippen LogP contribution in [0, 0.1) is 5.82 Å². The highest BCUT2D eigenvalue weighted by Gasteiger charge is 2.28.